The summed E-state index contributed by atoms with van der Waals surface area (Å²) < 4.78 is 41.2. The number of carbonyl (C=O) groups is 2. The van der Waals surface area contributed by atoms with E-state index in [1.165, 1.54) is 35.8 Å². The van der Waals surface area contributed by atoms with Crippen LogP contribution in [0.25, 0.3) is 22.2 Å². The van der Waals surface area contributed by atoms with Crippen LogP contribution in [0.3, 0.4) is 0 Å². The van der Waals surface area contributed by atoms with E-state index in [1.807, 2.05) is 0 Å². The maximum absolute atomic E-state index is 14.2. The lowest BCUT2D eigenvalue weighted by atomic mass is 10.0. The standard InChI is InChI=1S/C19H17F3N4O3/c20-11-3-1-10(2-4-11)17-13(5-6-23-19(28)24-9-16(27)26-29)14-7-12(21)8-15(22)18(14)25-17/h1-4,7-8,25,29H,5-6,9H2,(H,26,27)(H2,23,24,28). The Labute approximate surface area is 162 Å². The number of hydrogen-bond donors (Lipinski definition) is 5. The predicted octanol–water partition coefficient (Wildman–Crippen LogP) is 2.60. The van der Waals surface area contributed by atoms with Gasteiger partial charge < -0.3 is 15.6 Å². The van der Waals surface area contributed by atoms with Crippen LogP contribution in [0.5, 0.6) is 0 Å². The van der Waals surface area contributed by atoms with Gasteiger partial charge in [0.2, 0.25) is 0 Å². The molecule has 0 atom stereocenters. The van der Waals surface area contributed by atoms with Crippen LogP contribution < -0.4 is 16.1 Å². The van der Waals surface area contributed by atoms with E-state index in [1.54, 1.807) is 0 Å². The summed E-state index contributed by atoms with van der Waals surface area (Å²) in [4.78, 5) is 25.5. The molecule has 0 aliphatic rings. The van der Waals surface area contributed by atoms with Gasteiger partial charge in [0.25, 0.3) is 5.91 Å². The van der Waals surface area contributed by atoms with Gasteiger partial charge >= 0.3 is 6.03 Å². The van der Waals surface area contributed by atoms with E-state index < -0.39 is 35.9 Å². The Morgan fingerprint density at radius 2 is 1.72 bits per heavy atom. The predicted molar refractivity (Wildman–Crippen MR) is 98.6 cm³/mol. The summed E-state index contributed by atoms with van der Waals surface area (Å²) in [5.74, 6) is -2.74. The van der Waals surface area contributed by atoms with Gasteiger partial charge in [-0.15, -0.1) is 0 Å². The summed E-state index contributed by atoms with van der Waals surface area (Å²) >= 11 is 0. The summed E-state index contributed by atoms with van der Waals surface area (Å²) in [5.41, 5.74) is 3.07. The number of rotatable bonds is 6. The zero-order valence-corrected chi connectivity index (χ0v) is 15.0. The molecule has 0 aliphatic heterocycles. The number of aromatic nitrogens is 1. The van der Waals surface area contributed by atoms with Crippen LogP contribution in [0, 0.1) is 17.5 Å². The monoisotopic (exact) mass is 406 g/mol. The second kappa shape index (κ2) is 8.65. The normalized spacial score (nSPS) is 10.8. The van der Waals surface area contributed by atoms with Crippen molar-refractivity contribution in [3.05, 3.63) is 59.4 Å². The zero-order valence-electron chi connectivity index (χ0n) is 15.0. The van der Waals surface area contributed by atoms with Crippen molar-refractivity contribution in [3.63, 3.8) is 0 Å². The highest BCUT2D eigenvalue weighted by molar-refractivity contribution is 5.91. The van der Waals surface area contributed by atoms with Crippen LogP contribution in [0.1, 0.15) is 5.56 Å². The first-order valence-corrected chi connectivity index (χ1v) is 8.59. The highest BCUT2D eigenvalue weighted by atomic mass is 19.1. The molecule has 3 aromatic rings. The Kier molecular flexibility index (Phi) is 6.03. The van der Waals surface area contributed by atoms with Gasteiger partial charge in [-0.3, -0.25) is 10.0 Å². The first-order chi connectivity index (χ1) is 13.9. The molecule has 1 heterocycles. The number of aromatic amines is 1. The van der Waals surface area contributed by atoms with Gasteiger partial charge in [-0.2, -0.15) is 0 Å². The Bertz CT molecular complexity index is 1050. The van der Waals surface area contributed by atoms with E-state index in [-0.39, 0.29) is 18.5 Å². The molecule has 0 radical (unpaired) electrons. The molecule has 1 aromatic heterocycles. The summed E-state index contributed by atoms with van der Waals surface area (Å²) in [6, 6.07) is 6.79. The molecule has 0 fully saturated rings. The molecule has 7 nitrogen and oxygen atoms in total. The molecule has 152 valence electrons. The molecule has 5 N–H and O–H groups in total. The SMILES string of the molecule is O=C(CNC(=O)NCCc1c(-c2ccc(F)cc2)[nH]c2c(F)cc(F)cc12)NO. The Morgan fingerprint density at radius 3 is 2.41 bits per heavy atom. The van der Waals surface area contributed by atoms with Gasteiger partial charge in [0.1, 0.15) is 24.0 Å². The van der Waals surface area contributed by atoms with Gasteiger partial charge in [0.05, 0.1) is 5.52 Å². The molecule has 3 rings (SSSR count). The minimum absolute atomic E-state index is 0.0891. The maximum Gasteiger partial charge on any atom is 0.315 e. The van der Waals surface area contributed by atoms with Crippen LogP contribution in [0.2, 0.25) is 0 Å². The number of urea groups is 1. The largest absolute Gasteiger partial charge is 0.352 e. The molecular formula is C19H17F3N4O3. The number of hydrogen-bond acceptors (Lipinski definition) is 3. The number of hydroxylamine groups is 1. The lowest BCUT2D eigenvalue weighted by molar-refractivity contribution is -0.128. The minimum atomic E-state index is -0.790. The summed E-state index contributed by atoms with van der Waals surface area (Å²) in [7, 11) is 0. The Balaban J connectivity index is 1.85. The smallest absolute Gasteiger partial charge is 0.315 e. The highest BCUT2D eigenvalue weighted by Gasteiger charge is 2.17. The van der Waals surface area contributed by atoms with Crippen molar-refractivity contribution in [3.8, 4) is 11.3 Å². The Morgan fingerprint density at radius 1 is 1.00 bits per heavy atom. The average Bonchev–Trinajstić information content (AvgIpc) is 3.05. The third kappa shape index (κ3) is 4.66. The van der Waals surface area contributed by atoms with Gasteiger partial charge in [-0.1, -0.05) is 0 Å². The van der Waals surface area contributed by atoms with Gasteiger partial charge in [-0.25, -0.2) is 23.4 Å². The number of amides is 3. The van der Waals surface area contributed by atoms with Crippen molar-refractivity contribution in [2.24, 2.45) is 0 Å². The number of nitrogens with one attached hydrogen (secondary N) is 4. The highest BCUT2D eigenvalue weighted by Crippen LogP contribution is 2.32. The van der Waals surface area contributed by atoms with E-state index >= 15 is 0 Å². The first kappa shape index (κ1) is 20.2. The lowest BCUT2D eigenvalue weighted by Gasteiger charge is -2.08. The van der Waals surface area contributed by atoms with Crippen LogP contribution >= 0.6 is 0 Å². The van der Waals surface area contributed by atoms with E-state index in [9.17, 15) is 22.8 Å². The fourth-order valence-electron chi connectivity index (χ4n) is 2.96. The van der Waals surface area contributed by atoms with Crippen LogP contribution in [-0.4, -0.2) is 35.2 Å². The molecule has 0 unspecified atom stereocenters. The molecule has 0 saturated carbocycles. The van der Waals surface area contributed by atoms with Gasteiger partial charge in [0.15, 0.2) is 0 Å². The first-order valence-electron chi connectivity index (χ1n) is 8.59. The lowest BCUT2D eigenvalue weighted by Crippen LogP contribution is -2.41. The van der Waals surface area contributed by atoms with Crippen molar-refractivity contribution in [1.82, 2.24) is 21.1 Å². The molecule has 0 spiro atoms. The number of benzene rings is 2. The van der Waals surface area contributed by atoms with Crippen molar-refractivity contribution < 1.29 is 28.0 Å². The maximum atomic E-state index is 14.2. The topological polar surface area (TPSA) is 106 Å². The van der Waals surface area contributed by atoms with Gasteiger partial charge in [-0.05, 0) is 47.9 Å². The van der Waals surface area contributed by atoms with E-state index in [0.29, 0.717) is 22.2 Å². The second-order valence-corrected chi connectivity index (χ2v) is 6.19. The minimum Gasteiger partial charge on any atom is -0.352 e. The summed E-state index contributed by atoms with van der Waals surface area (Å²) in [6.07, 6.45) is 0.204. The fourth-order valence-corrected chi connectivity index (χ4v) is 2.96. The van der Waals surface area contributed by atoms with Crippen molar-refractivity contribution in [1.29, 1.82) is 0 Å². The van der Waals surface area contributed by atoms with Crippen molar-refractivity contribution in [2.75, 3.05) is 13.1 Å². The molecule has 0 saturated heterocycles. The fraction of sp³-hybridized carbons (Fsp3) is 0.158. The molecule has 29 heavy (non-hydrogen) atoms. The summed E-state index contributed by atoms with van der Waals surface area (Å²) in [5, 5.41) is 13.4. The molecular weight excluding hydrogens is 389 g/mol. The Hall–Kier alpha value is -3.53. The molecule has 2 aromatic carbocycles. The van der Waals surface area contributed by atoms with Crippen LogP contribution in [-0.2, 0) is 11.2 Å². The quantitative estimate of drug-likeness (QED) is 0.321. The van der Waals surface area contributed by atoms with Crippen molar-refractivity contribution in [2.45, 2.75) is 6.42 Å². The van der Waals surface area contributed by atoms with Gasteiger partial charge in [0, 0.05) is 23.7 Å². The molecule has 3 amide bonds. The van der Waals surface area contributed by atoms with E-state index in [2.05, 4.69) is 15.6 Å². The third-order valence-electron chi connectivity index (χ3n) is 4.26. The molecule has 0 bridgehead atoms. The summed E-state index contributed by atoms with van der Waals surface area (Å²) in [6.45, 7) is -0.335. The number of H-pyrrole nitrogens is 1. The van der Waals surface area contributed by atoms with Crippen LogP contribution in [0.15, 0.2) is 36.4 Å². The number of fused-ring (bicyclic) bond motifs is 1. The van der Waals surface area contributed by atoms with Crippen LogP contribution in [0.4, 0.5) is 18.0 Å². The number of carbonyl (C=O) groups excluding carboxylic acids is 2. The molecule has 0 aliphatic carbocycles. The van der Waals surface area contributed by atoms with E-state index in [4.69, 9.17) is 5.21 Å². The second-order valence-electron chi connectivity index (χ2n) is 6.19. The average molecular weight is 406 g/mol. The van der Waals surface area contributed by atoms with E-state index in [0.717, 1.165) is 6.07 Å². The zero-order chi connectivity index (χ0) is 21.0. The van der Waals surface area contributed by atoms with Crippen molar-refractivity contribution >= 4 is 22.8 Å². The third-order valence-corrected chi connectivity index (χ3v) is 4.26. The molecule has 10 heteroatoms. The number of halogens is 3.